The molecule has 1 N–H and O–H groups in total. The maximum absolute atomic E-state index is 12.8. The van der Waals surface area contributed by atoms with Crippen LogP contribution in [0.2, 0.25) is 0 Å². The predicted molar refractivity (Wildman–Crippen MR) is 58.2 cm³/mol. The zero-order valence-corrected chi connectivity index (χ0v) is 9.65. The Hall–Kier alpha value is -2.02. The molecule has 0 radical (unpaired) electrons. The minimum absolute atomic E-state index is 0.151. The van der Waals surface area contributed by atoms with Crippen LogP contribution in [0.3, 0.4) is 0 Å². The second-order valence-electron chi connectivity index (χ2n) is 3.75. The summed E-state index contributed by atoms with van der Waals surface area (Å²) in [6.45, 7) is -0.618. The smallest absolute Gasteiger partial charge is 0.419 e. The van der Waals surface area contributed by atoms with Crippen molar-refractivity contribution in [3.63, 3.8) is 0 Å². The van der Waals surface area contributed by atoms with Crippen LogP contribution < -0.4 is 4.74 Å². The van der Waals surface area contributed by atoms with E-state index < -0.39 is 18.3 Å². The minimum atomic E-state index is -4.55. The molecule has 0 saturated carbocycles. The van der Waals surface area contributed by atoms with Crippen molar-refractivity contribution < 1.29 is 27.5 Å². The third-order valence-electron chi connectivity index (χ3n) is 2.39. The van der Waals surface area contributed by atoms with Crippen molar-refractivity contribution in [1.82, 2.24) is 5.16 Å². The number of aliphatic hydroxyl groups is 1. The highest BCUT2D eigenvalue weighted by molar-refractivity contribution is 5.39. The van der Waals surface area contributed by atoms with Crippen molar-refractivity contribution in [2.45, 2.75) is 19.4 Å². The van der Waals surface area contributed by atoms with E-state index in [1.165, 1.54) is 24.4 Å². The van der Waals surface area contributed by atoms with Gasteiger partial charge in [0.2, 0.25) is 0 Å². The molecular weight excluding hydrogens is 263 g/mol. The summed E-state index contributed by atoms with van der Waals surface area (Å²) in [6.07, 6.45) is -3.18. The largest absolute Gasteiger partial charge is 0.485 e. The molecule has 19 heavy (non-hydrogen) atoms. The van der Waals surface area contributed by atoms with Gasteiger partial charge in [-0.25, -0.2) is 0 Å². The fourth-order valence-electron chi connectivity index (χ4n) is 1.49. The first kappa shape index (κ1) is 13.4. The van der Waals surface area contributed by atoms with Gasteiger partial charge in [0.15, 0.2) is 5.76 Å². The molecule has 0 atom stereocenters. The summed E-state index contributed by atoms with van der Waals surface area (Å²) in [5.41, 5.74) is -0.766. The first-order chi connectivity index (χ1) is 9.00. The summed E-state index contributed by atoms with van der Waals surface area (Å²) in [5, 5.41) is 12.3. The average molecular weight is 273 g/mol. The molecule has 1 heterocycles. The Morgan fingerprint density at radius 2 is 2.05 bits per heavy atom. The molecule has 0 spiro atoms. The molecule has 0 aliphatic heterocycles. The van der Waals surface area contributed by atoms with Gasteiger partial charge >= 0.3 is 6.18 Å². The molecule has 102 valence electrons. The van der Waals surface area contributed by atoms with Gasteiger partial charge in [0.25, 0.3) is 0 Å². The highest BCUT2D eigenvalue weighted by Gasteiger charge is 2.34. The van der Waals surface area contributed by atoms with Gasteiger partial charge in [0.1, 0.15) is 12.4 Å². The number of ether oxygens (including phenoxy) is 1. The summed E-state index contributed by atoms with van der Waals surface area (Å²) in [6, 6.07) is 4.89. The SMILES string of the molecule is OCc1ccc(OCc2ccno2)c(C(F)(F)F)c1. The van der Waals surface area contributed by atoms with Crippen LogP contribution >= 0.6 is 0 Å². The molecule has 2 rings (SSSR count). The van der Waals surface area contributed by atoms with Gasteiger partial charge < -0.3 is 14.4 Å². The number of nitrogens with zero attached hydrogens (tertiary/aromatic N) is 1. The Balaban J connectivity index is 2.23. The fourth-order valence-corrected chi connectivity index (χ4v) is 1.49. The Bertz CT molecular complexity index is 538. The van der Waals surface area contributed by atoms with E-state index in [0.717, 1.165) is 6.07 Å². The van der Waals surface area contributed by atoms with E-state index in [1.54, 1.807) is 0 Å². The molecule has 0 saturated heterocycles. The summed E-state index contributed by atoms with van der Waals surface area (Å²) >= 11 is 0. The second-order valence-corrected chi connectivity index (χ2v) is 3.75. The van der Waals surface area contributed by atoms with Crippen LogP contribution in [-0.2, 0) is 19.4 Å². The third-order valence-corrected chi connectivity index (χ3v) is 2.39. The molecule has 0 bridgehead atoms. The lowest BCUT2D eigenvalue weighted by Gasteiger charge is -2.14. The monoisotopic (exact) mass is 273 g/mol. The lowest BCUT2D eigenvalue weighted by atomic mass is 10.1. The van der Waals surface area contributed by atoms with Gasteiger partial charge in [0, 0.05) is 6.07 Å². The average Bonchev–Trinajstić information content (AvgIpc) is 2.88. The summed E-state index contributed by atoms with van der Waals surface area (Å²) in [7, 11) is 0. The van der Waals surface area contributed by atoms with E-state index in [0.29, 0.717) is 5.76 Å². The van der Waals surface area contributed by atoms with Crippen molar-refractivity contribution >= 4 is 0 Å². The number of alkyl halides is 3. The Labute approximate surface area is 106 Å². The quantitative estimate of drug-likeness (QED) is 0.930. The first-order valence-corrected chi connectivity index (χ1v) is 5.34. The zero-order chi connectivity index (χ0) is 13.9. The highest BCUT2D eigenvalue weighted by atomic mass is 19.4. The number of rotatable bonds is 4. The molecule has 4 nitrogen and oxygen atoms in total. The highest BCUT2D eigenvalue weighted by Crippen LogP contribution is 2.37. The second kappa shape index (κ2) is 5.31. The van der Waals surface area contributed by atoms with Crippen LogP contribution in [0.25, 0.3) is 0 Å². The van der Waals surface area contributed by atoms with E-state index in [9.17, 15) is 13.2 Å². The van der Waals surface area contributed by atoms with E-state index >= 15 is 0 Å². The molecule has 0 amide bonds. The maximum atomic E-state index is 12.8. The molecule has 0 fully saturated rings. The summed E-state index contributed by atoms with van der Waals surface area (Å²) < 4.78 is 48.3. The molecular formula is C12H10F3NO3. The van der Waals surface area contributed by atoms with Crippen molar-refractivity contribution in [2.75, 3.05) is 0 Å². The van der Waals surface area contributed by atoms with Gasteiger partial charge in [-0.2, -0.15) is 13.2 Å². The molecule has 0 aliphatic carbocycles. The predicted octanol–water partition coefficient (Wildman–Crippen LogP) is 2.76. The summed E-state index contributed by atoms with van der Waals surface area (Å²) in [4.78, 5) is 0. The zero-order valence-electron chi connectivity index (χ0n) is 9.65. The van der Waals surface area contributed by atoms with E-state index in [-0.39, 0.29) is 17.9 Å². The van der Waals surface area contributed by atoms with Crippen molar-refractivity contribution in [2.24, 2.45) is 0 Å². The number of benzene rings is 1. The number of aromatic nitrogens is 1. The number of aliphatic hydroxyl groups excluding tert-OH is 1. The van der Waals surface area contributed by atoms with Crippen LogP contribution in [0.1, 0.15) is 16.9 Å². The molecule has 1 aromatic heterocycles. The molecule has 0 aliphatic rings. The molecule has 2 aromatic rings. The maximum Gasteiger partial charge on any atom is 0.419 e. The molecule has 7 heteroatoms. The van der Waals surface area contributed by atoms with Gasteiger partial charge in [-0.1, -0.05) is 11.2 Å². The van der Waals surface area contributed by atoms with Crippen LogP contribution in [0.4, 0.5) is 13.2 Å². The van der Waals surface area contributed by atoms with Crippen LogP contribution in [0, 0.1) is 0 Å². The van der Waals surface area contributed by atoms with Crippen molar-refractivity contribution in [3.05, 3.63) is 47.3 Å². The van der Waals surface area contributed by atoms with E-state index in [1.807, 2.05) is 0 Å². The van der Waals surface area contributed by atoms with Crippen LogP contribution in [0.15, 0.2) is 35.0 Å². The van der Waals surface area contributed by atoms with Crippen molar-refractivity contribution in [1.29, 1.82) is 0 Å². The normalized spacial score (nSPS) is 11.6. The van der Waals surface area contributed by atoms with Crippen LogP contribution in [-0.4, -0.2) is 10.3 Å². The first-order valence-electron chi connectivity index (χ1n) is 5.34. The van der Waals surface area contributed by atoms with Gasteiger partial charge in [-0.15, -0.1) is 0 Å². The van der Waals surface area contributed by atoms with Crippen LogP contribution in [0.5, 0.6) is 5.75 Å². The lowest BCUT2D eigenvalue weighted by Crippen LogP contribution is -2.09. The fraction of sp³-hybridized carbons (Fsp3) is 0.250. The molecule has 1 aromatic carbocycles. The Morgan fingerprint density at radius 3 is 2.63 bits per heavy atom. The minimum Gasteiger partial charge on any atom is -0.485 e. The standard InChI is InChI=1S/C12H10F3NO3/c13-12(14,15)10-5-8(6-17)1-2-11(10)18-7-9-3-4-16-19-9/h1-5,17H,6-7H2. The van der Waals surface area contributed by atoms with E-state index in [2.05, 4.69) is 5.16 Å². The molecule has 0 unspecified atom stereocenters. The van der Waals surface area contributed by atoms with E-state index in [4.69, 9.17) is 14.4 Å². The summed E-state index contributed by atoms with van der Waals surface area (Å²) in [5.74, 6) is 0.000425. The number of hydrogen-bond acceptors (Lipinski definition) is 4. The van der Waals surface area contributed by atoms with Gasteiger partial charge in [0.05, 0.1) is 18.4 Å². The Morgan fingerprint density at radius 1 is 1.26 bits per heavy atom. The van der Waals surface area contributed by atoms with Crippen molar-refractivity contribution in [3.8, 4) is 5.75 Å². The number of hydrogen-bond donors (Lipinski definition) is 1. The Kier molecular flexibility index (Phi) is 3.75. The van der Waals surface area contributed by atoms with Gasteiger partial charge in [-0.3, -0.25) is 0 Å². The topological polar surface area (TPSA) is 55.5 Å². The lowest BCUT2D eigenvalue weighted by molar-refractivity contribution is -0.139. The van der Waals surface area contributed by atoms with Gasteiger partial charge in [-0.05, 0) is 17.7 Å². The number of halogens is 3. The third kappa shape index (κ3) is 3.25.